The molecule has 0 aliphatic heterocycles. The third-order valence-corrected chi connectivity index (χ3v) is 4.57. The van der Waals surface area contributed by atoms with Crippen molar-refractivity contribution in [3.8, 4) is 0 Å². The fraction of sp³-hybridized carbons (Fsp3) is 0.562. The van der Waals surface area contributed by atoms with Crippen molar-refractivity contribution in [2.24, 2.45) is 0 Å². The van der Waals surface area contributed by atoms with Crippen molar-refractivity contribution in [1.82, 2.24) is 5.32 Å². The van der Waals surface area contributed by atoms with E-state index in [1.807, 2.05) is 0 Å². The van der Waals surface area contributed by atoms with Gasteiger partial charge in [0, 0.05) is 26.4 Å². The zero-order valence-electron chi connectivity index (χ0n) is 13.8. The van der Waals surface area contributed by atoms with Gasteiger partial charge in [-0.3, -0.25) is 0 Å². The lowest BCUT2D eigenvalue weighted by molar-refractivity contribution is -0.150. The Hall–Kier alpha value is -1.00. The van der Waals surface area contributed by atoms with Crippen molar-refractivity contribution in [2.45, 2.75) is 33.4 Å². The van der Waals surface area contributed by atoms with Crippen LogP contribution >= 0.6 is 8.38 Å². The summed E-state index contributed by atoms with van der Waals surface area (Å²) in [4.78, 5) is 11.5. The molecule has 0 saturated heterocycles. The standard InChI is InChI=1S/C16H26NO4P/c1-5-20-16(18)14(3)21-22(19-4)11-10-17-12-15-8-6-13(2)7-9-15/h6-9,14,17H,5,10-12H2,1-4H3. The van der Waals surface area contributed by atoms with E-state index in [9.17, 15) is 4.79 Å². The predicted molar refractivity (Wildman–Crippen MR) is 88.9 cm³/mol. The van der Waals surface area contributed by atoms with E-state index in [1.54, 1.807) is 21.0 Å². The summed E-state index contributed by atoms with van der Waals surface area (Å²) in [7, 11) is 0.511. The number of carbonyl (C=O) groups is 1. The van der Waals surface area contributed by atoms with Crippen LogP contribution in [0, 0.1) is 6.92 Å². The van der Waals surface area contributed by atoms with Crippen molar-refractivity contribution in [2.75, 3.05) is 26.4 Å². The first kappa shape index (κ1) is 19.0. The Kier molecular flexibility index (Phi) is 9.25. The third kappa shape index (κ3) is 7.32. The first-order valence-corrected chi connectivity index (χ1v) is 8.84. The molecule has 0 aromatic heterocycles. The van der Waals surface area contributed by atoms with Crippen LogP contribution in [0.25, 0.3) is 0 Å². The number of benzene rings is 1. The molecule has 0 heterocycles. The topological polar surface area (TPSA) is 56.8 Å². The molecule has 1 rings (SSSR count). The van der Waals surface area contributed by atoms with Crippen LogP contribution in [0.1, 0.15) is 25.0 Å². The summed E-state index contributed by atoms with van der Waals surface area (Å²) in [5.74, 6) is -0.348. The second-order valence-electron chi connectivity index (χ2n) is 4.90. The minimum atomic E-state index is -1.09. The molecule has 2 atom stereocenters. The Morgan fingerprint density at radius 1 is 1.32 bits per heavy atom. The summed E-state index contributed by atoms with van der Waals surface area (Å²) in [6.07, 6.45) is 0.129. The average Bonchev–Trinajstić information content (AvgIpc) is 2.52. The molecule has 0 radical (unpaired) electrons. The molecule has 1 N–H and O–H groups in total. The molecule has 1 aromatic rings. The van der Waals surface area contributed by atoms with Gasteiger partial charge in [0.25, 0.3) is 0 Å². The van der Waals surface area contributed by atoms with Gasteiger partial charge in [-0.15, -0.1) is 0 Å². The van der Waals surface area contributed by atoms with Gasteiger partial charge < -0.3 is 19.1 Å². The molecule has 0 aliphatic rings. The number of hydrogen-bond acceptors (Lipinski definition) is 5. The van der Waals surface area contributed by atoms with Gasteiger partial charge in [0.1, 0.15) is 0 Å². The van der Waals surface area contributed by atoms with E-state index >= 15 is 0 Å². The van der Waals surface area contributed by atoms with E-state index in [0.717, 1.165) is 19.3 Å². The largest absolute Gasteiger partial charge is 0.464 e. The first-order valence-electron chi connectivity index (χ1n) is 7.48. The van der Waals surface area contributed by atoms with Crippen LogP contribution in [0.5, 0.6) is 0 Å². The van der Waals surface area contributed by atoms with E-state index in [-0.39, 0.29) is 5.97 Å². The molecule has 124 valence electrons. The maximum atomic E-state index is 11.5. The monoisotopic (exact) mass is 327 g/mol. The lowest BCUT2D eigenvalue weighted by Crippen LogP contribution is -2.23. The summed E-state index contributed by atoms with van der Waals surface area (Å²) >= 11 is 0. The number of carbonyl (C=O) groups excluding carboxylic acids is 1. The predicted octanol–water partition coefficient (Wildman–Crippen LogP) is 3.01. The van der Waals surface area contributed by atoms with Crippen LogP contribution in [-0.2, 0) is 25.1 Å². The van der Waals surface area contributed by atoms with Gasteiger partial charge in [-0.05, 0) is 26.3 Å². The molecule has 2 unspecified atom stereocenters. The summed E-state index contributed by atoms with van der Waals surface area (Å²) in [6, 6.07) is 8.42. The Labute approximate surface area is 134 Å². The Bertz CT molecular complexity index is 438. The van der Waals surface area contributed by atoms with Crippen molar-refractivity contribution in [1.29, 1.82) is 0 Å². The molecule has 6 heteroatoms. The fourth-order valence-electron chi connectivity index (χ4n) is 1.78. The zero-order chi connectivity index (χ0) is 16.4. The third-order valence-electron chi connectivity index (χ3n) is 3.02. The Morgan fingerprint density at radius 3 is 2.59 bits per heavy atom. The maximum Gasteiger partial charge on any atom is 0.335 e. The highest BCUT2D eigenvalue weighted by molar-refractivity contribution is 7.47. The number of ether oxygens (including phenoxy) is 1. The van der Waals surface area contributed by atoms with Gasteiger partial charge in [0.05, 0.1) is 6.61 Å². The highest BCUT2D eigenvalue weighted by atomic mass is 31.2. The van der Waals surface area contributed by atoms with Gasteiger partial charge >= 0.3 is 5.97 Å². The van der Waals surface area contributed by atoms with Crippen LogP contribution in [0.4, 0.5) is 0 Å². The average molecular weight is 327 g/mol. The second-order valence-corrected chi connectivity index (χ2v) is 6.59. The Balaban J connectivity index is 2.25. The quantitative estimate of drug-likeness (QED) is 0.407. The molecular formula is C16H26NO4P. The molecule has 0 saturated carbocycles. The van der Waals surface area contributed by atoms with Gasteiger partial charge in [-0.2, -0.15) is 0 Å². The lowest BCUT2D eigenvalue weighted by atomic mass is 10.1. The van der Waals surface area contributed by atoms with Crippen molar-refractivity contribution in [3.63, 3.8) is 0 Å². The highest BCUT2D eigenvalue weighted by Crippen LogP contribution is 2.38. The van der Waals surface area contributed by atoms with Gasteiger partial charge in [-0.1, -0.05) is 29.8 Å². The number of esters is 1. The SMILES string of the molecule is CCOC(=O)C(C)OP(CCNCc1ccc(C)cc1)OC. The first-order chi connectivity index (χ1) is 10.6. The van der Waals surface area contributed by atoms with Crippen molar-refractivity contribution < 1.29 is 18.6 Å². The van der Waals surface area contributed by atoms with E-state index in [0.29, 0.717) is 6.61 Å². The zero-order valence-corrected chi connectivity index (χ0v) is 14.7. The molecule has 0 aliphatic carbocycles. The van der Waals surface area contributed by atoms with E-state index < -0.39 is 14.5 Å². The minimum Gasteiger partial charge on any atom is -0.464 e. The van der Waals surface area contributed by atoms with E-state index in [1.165, 1.54) is 11.1 Å². The molecule has 22 heavy (non-hydrogen) atoms. The minimum absolute atomic E-state index is 0.348. The molecule has 5 nitrogen and oxygen atoms in total. The number of nitrogens with one attached hydrogen (secondary N) is 1. The second kappa shape index (κ2) is 10.7. The highest BCUT2D eigenvalue weighted by Gasteiger charge is 2.20. The molecule has 0 amide bonds. The van der Waals surface area contributed by atoms with Crippen LogP contribution in [-0.4, -0.2) is 38.5 Å². The summed E-state index contributed by atoms with van der Waals surface area (Å²) < 4.78 is 15.8. The molecule has 0 spiro atoms. The number of aryl methyl sites for hydroxylation is 1. The van der Waals surface area contributed by atoms with Crippen LogP contribution < -0.4 is 5.32 Å². The van der Waals surface area contributed by atoms with Crippen LogP contribution in [0.2, 0.25) is 0 Å². The van der Waals surface area contributed by atoms with Gasteiger partial charge in [0.15, 0.2) is 14.5 Å². The Morgan fingerprint density at radius 2 is 2.00 bits per heavy atom. The van der Waals surface area contributed by atoms with Gasteiger partial charge in [-0.25, -0.2) is 4.79 Å². The lowest BCUT2D eigenvalue weighted by Gasteiger charge is -2.19. The van der Waals surface area contributed by atoms with Gasteiger partial charge in [0.2, 0.25) is 0 Å². The summed E-state index contributed by atoms with van der Waals surface area (Å²) in [5.41, 5.74) is 2.50. The number of rotatable bonds is 10. The van der Waals surface area contributed by atoms with Crippen molar-refractivity contribution >= 4 is 14.3 Å². The smallest absolute Gasteiger partial charge is 0.335 e. The molecular weight excluding hydrogens is 301 g/mol. The van der Waals surface area contributed by atoms with Crippen LogP contribution in [0.3, 0.4) is 0 Å². The summed E-state index contributed by atoms with van der Waals surface area (Å²) in [5, 5.41) is 3.35. The van der Waals surface area contributed by atoms with E-state index in [4.69, 9.17) is 13.8 Å². The normalized spacial score (nSPS) is 13.6. The van der Waals surface area contributed by atoms with Crippen LogP contribution in [0.15, 0.2) is 24.3 Å². The molecule has 0 fully saturated rings. The fourth-order valence-corrected chi connectivity index (χ4v) is 2.93. The molecule has 0 bridgehead atoms. The number of hydrogen-bond donors (Lipinski definition) is 1. The molecule has 1 aromatic carbocycles. The van der Waals surface area contributed by atoms with Crippen molar-refractivity contribution in [3.05, 3.63) is 35.4 Å². The van der Waals surface area contributed by atoms with E-state index in [2.05, 4.69) is 36.5 Å². The maximum absolute atomic E-state index is 11.5. The summed E-state index contributed by atoms with van der Waals surface area (Å²) in [6.45, 7) is 7.47.